The molecule has 0 heterocycles. The van der Waals surface area contributed by atoms with Gasteiger partial charge in [0.2, 0.25) is 5.82 Å². The summed E-state index contributed by atoms with van der Waals surface area (Å²) in [5.74, 6) is -11.9. The van der Waals surface area contributed by atoms with E-state index in [2.05, 4.69) is 0 Å². The average molecular weight is 366 g/mol. The van der Waals surface area contributed by atoms with Crippen molar-refractivity contribution in [2.24, 2.45) is 0 Å². The van der Waals surface area contributed by atoms with E-state index in [0.717, 1.165) is 0 Å². The van der Waals surface area contributed by atoms with Gasteiger partial charge in [-0.05, 0) is 25.1 Å². The Labute approximate surface area is 138 Å². The minimum absolute atomic E-state index is 0.183. The number of halogens is 6. The maximum Gasteiger partial charge on any atom is 0.265 e. The zero-order valence-corrected chi connectivity index (χ0v) is 12.7. The van der Waals surface area contributed by atoms with Crippen molar-refractivity contribution in [3.05, 3.63) is 58.4 Å². The van der Waals surface area contributed by atoms with E-state index in [1.807, 2.05) is 0 Å². The van der Waals surface area contributed by atoms with Crippen LogP contribution in [0, 0.1) is 29.1 Å². The lowest BCUT2D eigenvalue weighted by Gasteiger charge is -2.16. The molecule has 0 aliphatic rings. The van der Waals surface area contributed by atoms with Crippen molar-refractivity contribution in [1.29, 1.82) is 0 Å². The van der Waals surface area contributed by atoms with Crippen molar-refractivity contribution in [1.82, 2.24) is 0 Å². The van der Waals surface area contributed by atoms with Crippen molar-refractivity contribution in [3.63, 3.8) is 0 Å². The molecule has 0 saturated carbocycles. The summed E-state index contributed by atoms with van der Waals surface area (Å²) in [6, 6.07) is 5.93. The van der Waals surface area contributed by atoms with Crippen LogP contribution >= 0.6 is 11.6 Å². The van der Waals surface area contributed by atoms with Gasteiger partial charge in [0.15, 0.2) is 29.4 Å². The number of carbonyl (C=O) groups excluding carboxylic acids is 1. The van der Waals surface area contributed by atoms with Crippen LogP contribution in [0.4, 0.5) is 27.6 Å². The van der Waals surface area contributed by atoms with Crippen LogP contribution in [0.3, 0.4) is 0 Å². The van der Waals surface area contributed by atoms with Gasteiger partial charge >= 0.3 is 0 Å². The third kappa shape index (κ3) is 3.59. The fraction of sp³-hybridized carbons (Fsp3) is 0.133. The highest BCUT2D eigenvalue weighted by Crippen LogP contribution is 2.27. The summed E-state index contributed by atoms with van der Waals surface area (Å²) in [6.45, 7) is 1.22. The van der Waals surface area contributed by atoms with Crippen molar-refractivity contribution >= 4 is 23.2 Å². The molecule has 0 bridgehead atoms. The van der Waals surface area contributed by atoms with E-state index >= 15 is 0 Å². The summed E-state index contributed by atoms with van der Waals surface area (Å²) in [5, 5.41) is 1.95. The lowest BCUT2D eigenvalue weighted by molar-refractivity contribution is -0.122. The topological polar surface area (TPSA) is 38.3 Å². The smallest absolute Gasteiger partial charge is 0.265 e. The maximum atomic E-state index is 13.5. The molecule has 0 aromatic heterocycles. The second-order valence-corrected chi connectivity index (χ2v) is 5.09. The predicted octanol–water partition coefficient (Wildman–Crippen LogP) is 4.44. The summed E-state index contributed by atoms with van der Waals surface area (Å²) < 4.78 is 71.3. The number of hydrogen-bond donors (Lipinski definition) is 1. The van der Waals surface area contributed by atoms with Crippen LogP contribution in [-0.2, 0) is 4.79 Å². The van der Waals surface area contributed by atoms with E-state index in [0.29, 0.717) is 5.02 Å². The molecular weight excluding hydrogens is 357 g/mol. The second-order valence-electron chi connectivity index (χ2n) is 4.65. The van der Waals surface area contributed by atoms with Crippen molar-refractivity contribution in [2.45, 2.75) is 13.0 Å². The third-order valence-corrected chi connectivity index (χ3v) is 3.17. The van der Waals surface area contributed by atoms with Crippen molar-refractivity contribution in [2.75, 3.05) is 5.32 Å². The number of carbonyl (C=O) groups is 1. The molecule has 0 spiro atoms. The van der Waals surface area contributed by atoms with Crippen LogP contribution in [-0.4, -0.2) is 12.0 Å². The van der Waals surface area contributed by atoms with Gasteiger partial charge in [-0.1, -0.05) is 17.7 Å². The fourth-order valence-corrected chi connectivity index (χ4v) is 1.92. The lowest BCUT2D eigenvalue weighted by Crippen LogP contribution is -2.31. The monoisotopic (exact) mass is 365 g/mol. The quantitative estimate of drug-likeness (QED) is 0.494. The molecular formula is C15H9ClF5NO2. The molecule has 1 atom stereocenters. The molecule has 0 radical (unpaired) electrons. The molecule has 0 aliphatic carbocycles. The molecule has 2 aromatic rings. The van der Waals surface area contributed by atoms with Crippen LogP contribution in [0.5, 0.6) is 5.75 Å². The van der Waals surface area contributed by atoms with Crippen LogP contribution in [0.2, 0.25) is 5.02 Å². The van der Waals surface area contributed by atoms with Gasteiger partial charge in [0.05, 0.1) is 0 Å². The first-order valence-electron chi connectivity index (χ1n) is 6.47. The Balaban J connectivity index is 2.21. The minimum atomic E-state index is -2.31. The fourth-order valence-electron chi connectivity index (χ4n) is 1.74. The number of ether oxygens (including phenoxy) is 1. The van der Waals surface area contributed by atoms with Gasteiger partial charge in [0.25, 0.3) is 5.91 Å². The molecule has 128 valence electrons. The van der Waals surface area contributed by atoms with Crippen molar-refractivity contribution in [3.8, 4) is 5.75 Å². The predicted molar refractivity (Wildman–Crippen MR) is 76.4 cm³/mol. The number of benzene rings is 2. The van der Waals surface area contributed by atoms with Gasteiger partial charge < -0.3 is 10.1 Å². The van der Waals surface area contributed by atoms with Crippen LogP contribution in [0.15, 0.2) is 24.3 Å². The van der Waals surface area contributed by atoms with Crippen LogP contribution < -0.4 is 10.1 Å². The van der Waals surface area contributed by atoms with Crippen molar-refractivity contribution < 1.29 is 31.5 Å². The van der Waals surface area contributed by atoms with E-state index in [1.54, 1.807) is 11.4 Å². The molecule has 24 heavy (non-hydrogen) atoms. The first kappa shape index (κ1) is 18.0. The zero-order chi connectivity index (χ0) is 18.0. The Morgan fingerprint density at radius 2 is 1.58 bits per heavy atom. The molecule has 0 unspecified atom stereocenters. The first-order valence-corrected chi connectivity index (χ1v) is 6.84. The molecule has 0 aliphatic heterocycles. The standard InChI is InChI=1S/C15H9ClF5NO2/c1-6(24-8-4-2-3-7(16)5-8)15(23)22-14-12(20)10(18)9(17)11(19)13(14)21/h2-6H,1H3,(H,22,23)/t6-/m0/s1. The molecule has 2 aromatic carbocycles. The van der Waals surface area contributed by atoms with Gasteiger partial charge in [0, 0.05) is 5.02 Å². The number of amides is 1. The van der Waals surface area contributed by atoms with Gasteiger partial charge in [-0.25, -0.2) is 22.0 Å². The van der Waals surface area contributed by atoms with Gasteiger partial charge in [0.1, 0.15) is 11.4 Å². The molecule has 9 heteroatoms. The zero-order valence-electron chi connectivity index (χ0n) is 12.0. The molecule has 0 saturated heterocycles. The molecule has 3 nitrogen and oxygen atoms in total. The lowest BCUT2D eigenvalue weighted by atomic mass is 10.2. The van der Waals surface area contributed by atoms with Crippen LogP contribution in [0.1, 0.15) is 6.92 Å². The maximum absolute atomic E-state index is 13.5. The third-order valence-electron chi connectivity index (χ3n) is 2.94. The Kier molecular flexibility index (Phi) is 5.28. The Morgan fingerprint density at radius 1 is 1.04 bits per heavy atom. The van der Waals surface area contributed by atoms with E-state index in [1.165, 1.54) is 25.1 Å². The number of rotatable bonds is 4. The molecule has 1 amide bonds. The summed E-state index contributed by atoms with van der Waals surface area (Å²) >= 11 is 5.73. The molecule has 1 N–H and O–H groups in total. The highest BCUT2D eigenvalue weighted by molar-refractivity contribution is 6.30. The first-order chi connectivity index (χ1) is 11.2. The summed E-state index contributed by atoms with van der Waals surface area (Å²) in [6.07, 6.45) is -1.29. The van der Waals surface area contributed by atoms with Gasteiger partial charge in [-0.2, -0.15) is 0 Å². The Morgan fingerprint density at radius 3 is 2.12 bits per heavy atom. The van der Waals surface area contributed by atoms with Gasteiger partial charge in [-0.3, -0.25) is 4.79 Å². The second kappa shape index (κ2) is 7.04. The Bertz CT molecular complexity index is 771. The normalized spacial score (nSPS) is 12.0. The summed E-state index contributed by atoms with van der Waals surface area (Å²) in [7, 11) is 0. The van der Waals surface area contributed by atoms with E-state index in [-0.39, 0.29) is 5.75 Å². The number of nitrogens with one attached hydrogen (secondary N) is 1. The highest BCUT2D eigenvalue weighted by Gasteiger charge is 2.28. The highest BCUT2D eigenvalue weighted by atomic mass is 35.5. The average Bonchev–Trinajstić information content (AvgIpc) is 2.55. The SMILES string of the molecule is C[C@H](Oc1cccc(Cl)c1)C(=O)Nc1c(F)c(F)c(F)c(F)c1F. The largest absolute Gasteiger partial charge is 0.481 e. The molecule has 0 fully saturated rings. The van der Waals surface area contributed by atoms with E-state index in [9.17, 15) is 26.7 Å². The van der Waals surface area contributed by atoms with Crippen LogP contribution in [0.25, 0.3) is 0 Å². The number of anilines is 1. The van der Waals surface area contributed by atoms with E-state index < -0.39 is 46.8 Å². The summed E-state index contributed by atoms with van der Waals surface area (Å²) in [4.78, 5) is 11.9. The minimum Gasteiger partial charge on any atom is -0.481 e. The van der Waals surface area contributed by atoms with Gasteiger partial charge in [-0.15, -0.1) is 0 Å². The Hall–Kier alpha value is -2.35. The van der Waals surface area contributed by atoms with E-state index in [4.69, 9.17) is 16.3 Å². The summed E-state index contributed by atoms with van der Waals surface area (Å²) in [5.41, 5.74) is -1.45. The number of hydrogen-bond acceptors (Lipinski definition) is 2. The molecule has 2 rings (SSSR count).